The quantitative estimate of drug-likeness (QED) is 0.494. The predicted molar refractivity (Wildman–Crippen MR) is 103 cm³/mol. The monoisotopic (exact) mass is 427 g/mol. The first-order valence-corrected chi connectivity index (χ1v) is 10.9. The van der Waals surface area contributed by atoms with Crippen LogP contribution in [0.5, 0.6) is 0 Å². The molecule has 0 aromatic carbocycles. The Hall–Kier alpha value is -1.55. The summed E-state index contributed by atoms with van der Waals surface area (Å²) in [5.41, 5.74) is 1.18. The van der Waals surface area contributed by atoms with Crippen LogP contribution < -0.4 is 0 Å². The van der Waals surface area contributed by atoms with E-state index in [1.165, 1.54) is 0 Å². The zero-order valence-corrected chi connectivity index (χ0v) is 18.0. The van der Waals surface area contributed by atoms with E-state index in [-0.39, 0.29) is 17.8 Å². The normalized spacial score (nSPS) is 42.1. The smallest absolute Gasteiger partial charge is 0.311 e. The zero-order chi connectivity index (χ0) is 21.2. The first-order valence-electron chi connectivity index (χ1n) is 9.96. The molecule has 4 saturated heterocycles. The van der Waals surface area contributed by atoms with Crippen molar-refractivity contribution in [3.05, 3.63) is 17.1 Å². The predicted octanol–water partition coefficient (Wildman–Crippen LogP) is 3.63. The number of hydrogen-bond acceptors (Lipinski definition) is 8. The topological polar surface area (TPSA) is 104 Å². The fourth-order valence-electron chi connectivity index (χ4n) is 4.94. The van der Waals surface area contributed by atoms with E-state index in [1.807, 2.05) is 19.2 Å². The largest absolute Gasteiger partial charge is 0.481 e. The van der Waals surface area contributed by atoms with Crippen LogP contribution in [0.2, 0.25) is 0 Å². The second-order valence-corrected chi connectivity index (χ2v) is 9.09. The van der Waals surface area contributed by atoms with Crippen molar-refractivity contribution in [2.24, 2.45) is 23.7 Å². The molecule has 0 radical (unpaired) electrons. The highest BCUT2D eigenvalue weighted by Crippen LogP contribution is 2.59. The summed E-state index contributed by atoms with van der Waals surface area (Å²) in [6.45, 7) is 7.15. The number of carbonyl (C=O) groups is 2. The molecule has 1 aromatic rings. The van der Waals surface area contributed by atoms with Gasteiger partial charge in [-0.25, -0.2) is 9.78 Å². The molecule has 5 heterocycles. The van der Waals surface area contributed by atoms with Gasteiger partial charge in [0, 0.05) is 36.8 Å². The molecule has 1 aromatic heterocycles. The molecule has 9 heteroatoms. The van der Waals surface area contributed by atoms with Crippen LogP contribution >= 0.6 is 11.3 Å². The third-order valence-electron chi connectivity index (χ3n) is 6.32. The van der Waals surface area contributed by atoms with Gasteiger partial charge in [0.05, 0.1) is 11.4 Å². The lowest BCUT2D eigenvalue weighted by atomic mass is 9.58. The van der Waals surface area contributed by atoms with E-state index in [2.05, 4.69) is 11.9 Å². The number of nitrogens with zero attached hydrogens (tertiary/aromatic N) is 1. The van der Waals surface area contributed by atoms with E-state index < -0.39 is 23.6 Å². The van der Waals surface area contributed by atoms with E-state index in [1.54, 1.807) is 23.0 Å². The maximum Gasteiger partial charge on any atom is 0.311 e. The number of carboxylic acids is 1. The Kier molecular flexibility index (Phi) is 6.62. The molecule has 0 unspecified atom stereocenters. The molecule has 29 heavy (non-hydrogen) atoms. The minimum Gasteiger partial charge on any atom is -0.481 e. The van der Waals surface area contributed by atoms with Crippen LogP contribution in [0.1, 0.15) is 53.4 Å². The number of carbonyl (C=O) groups excluding carboxylic acids is 1. The van der Waals surface area contributed by atoms with Gasteiger partial charge in [0.2, 0.25) is 12.1 Å². The van der Waals surface area contributed by atoms with Gasteiger partial charge in [0.1, 0.15) is 0 Å². The second-order valence-electron chi connectivity index (χ2n) is 8.33. The summed E-state index contributed by atoms with van der Waals surface area (Å²) in [6, 6.07) is 0. The van der Waals surface area contributed by atoms with Crippen LogP contribution in [0.3, 0.4) is 0 Å². The number of esters is 1. The van der Waals surface area contributed by atoms with Gasteiger partial charge in [-0.1, -0.05) is 13.8 Å². The Bertz CT molecular complexity index is 692. The minimum absolute atomic E-state index is 0.123. The summed E-state index contributed by atoms with van der Waals surface area (Å²) in [7, 11) is 0. The molecule has 1 N–H and O–H groups in total. The zero-order valence-electron chi connectivity index (χ0n) is 17.2. The number of aliphatic carboxylic acids is 1. The molecule has 5 fully saturated rings. The molecule has 162 valence electrons. The van der Waals surface area contributed by atoms with Gasteiger partial charge in [0.25, 0.3) is 5.97 Å². The lowest BCUT2D eigenvalue weighted by Gasteiger charge is -2.57. The van der Waals surface area contributed by atoms with E-state index in [4.69, 9.17) is 29.1 Å². The Morgan fingerprint density at radius 1 is 1.24 bits per heavy atom. The summed E-state index contributed by atoms with van der Waals surface area (Å²) in [4.78, 5) is 36.4. The Labute approximate surface area is 174 Å². The summed E-state index contributed by atoms with van der Waals surface area (Å²) < 4.78 is 11.6. The first-order chi connectivity index (χ1) is 13.7. The molecule has 0 amide bonds. The van der Waals surface area contributed by atoms with Crippen LogP contribution in [0.25, 0.3) is 0 Å². The Morgan fingerprint density at radius 3 is 2.55 bits per heavy atom. The fraction of sp³-hybridized carbons (Fsp3) is 0.750. The van der Waals surface area contributed by atoms with Crippen molar-refractivity contribution in [2.45, 2.75) is 71.1 Å². The maximum absolute atomic E-state index is 12.1. The first kappa shape index (κ1) is 22.1. The SMILES string of the molecule is CC(=O)O.C[C@@H]1CC[C@H]2[C@@H](C)C(=O)O[C@@H]3O[C@]4(C)CC[C@@H]1[C@]32OO4.c1cscn1. The number of rotatable bonds is 0. The average molecular weight is 428 g/mol. The van der Waals surface area contributed by atoms with Gasteiger partial charge in [-0.2, -0.15) is 0 Å². The van der Waals surface area contributed by atoms with E-state index in [0.717, 1.165) is 32.6 Å². The molecule has 6 rings (SSSR count). The Balaban J connectivity index is 0.000000224. The molecule has 1 spiro atoms. The number of aromatic nitrogens is 1. The van der Waals surface area contributed by atoms with Crippen LogP contribution in [0.15, 0.2) is 17.1 Å². The molecular weight excluding hydrogens is 398 g/mol. The van der Waals surface area contributed by atoms with Gasteiger partial charge in [-0.05, 0) is 32.1 Å². The van der Waals surface area contributed by atoms with Crippen molar-refractivity contribution in [1.29, 1.82) is 0 Å². The summed E-state index contributed by atoms with van der Waals surface area (Å²) >= 11 is 1.60. The third-order valence-corrected chi connectivity index (χ3v) is 6.84. The molecule has 5 aliphatic rings. The highest BCUT2D eigenvalue weighted by Gasteiger charge is 2.70. The van der Waals surface area contributed by atoms with Crippen LogP contribution in [0.4, 0.5) is 0 Å². The molecule has 4 aliphatic heterocycles. The van der Waals surface area contributed by atoms with Crippen LogP contribution in [0, 0.1) is 23.7 Å². The minimum atomic E-state index is -0.833. The van der Waals surface area contributed by atoms with Gasteiger partial charge in [0.15, 0.2) is 5.60 Å². The van der Waals surface area contributed by atoms with Gasteiger partial charge in [-0.3, -0.25) is 14.6 Å². The average Bonchev–Trinajstić information content (AvgIpc) is 3.15. The van der Waals surface area contributed by atoms with Crippen molar-refractivity contribution in [3.63, 3.8) is 0 Å². The van der Waals surface area contributed by atoms with Crippen molar-refractivity contribution < 1.29 is 33.9 Å². The molecule has 7 atom stereocenters. The molecule has 2 bridgehead atoms. The number of carboxylic acid groups (broad SMARTS) is 1. The standard InChI is InChI=1S/C15H22O5.C3H3NS.C2H4O2/c1-8-4-5-11-9(2)12(16)17-13-15(11)10(8)6-7-14(3,18-13)19-20-15;1-2-5-3-4-1;1-2(3)4/h8-11,13H,4-7H2,1-3H3;1-3H;1H3,(H,3,4)/t8-,9-,10+,11+,13-,14+,15-;;/m1../s1. The lowest BCUT2D eigenvalue weighted by molar-refractivity contribution is -0.559. The molecule has 1 aliphatic carbocycles. The highest BCUT2D eigenvalue weighted by molar-refractivity contribution is 7.07. The van der Waals surface area contributed by atoms with Crippen molar-refractivity contribution >= 4 is 23.3 Å². The lowest BCUT2D eigenvalue weighted by Crippen LogP contribution is -2.69. The van der Waals surface area contributed by atoms with Gasteiger partial charge >= 0.3 is 5.97 Å². The third kappa shape index (κ3) is 4.33. The van der Waals surface area contributed by atoms with Crippen molar-refractivity contribution in [2.75, 3.05) is 0 Å². The van der Waals surface area contributed by atoms with E-state index in [0.29, 0.717) is 11.8 Å². The van der Waals surface area contributed by atoms with Crippen molar-refractivity contribution in [3.8, 4) is 0 Å². The highest BCUT2D eigenvalue weighted by atomic mass is 32.1. The Morgan fingerprint density at radius 2 is 1.97 bits per heavy atom. The maximum atomic E-state index is 12.1. The fourth-order valence-corrected chi connectivity index (χ4v) is 5.29. The summed E-state index contributed by atoms with van der Waals surface area (Å²) in [6.07, 6.45) is 5.01. The van der Waals surface area contributed by atoms with Crippen LogP contribution in [-0.4, -0.2) is 39.7 Å². The molecule has 8 nitrogen and oxygen atoms in total. The number of thiazole rings is 1. The number of ether oxygens (including phenoxy) is 2. The van der Waals surface area contributed by atoms with Gasteiger partial charge in [-0.15, -0.1) is 11.3 Å². The van der Waals surface area contributed by atoms with E-state index >= 15 is 0 Å². The number of hydrogen-bond donors (Lipinski definition) is 1. The number of fused-ring (bicyclic) bond motifs is 2. The molecular formula is C20H29NO7S. The van der Waals surface area contributed by atoms with Crippen molar-refractivity contribution in [1.82, 2.24) is 4.98 Å². The summed E-state index contributed by atoms with van der Waals surface area (Å²) in [5.74, 6) is -0.970. The summed E-state index contributed by atoms with van der Waals surface area (Å²) in [5, 5.41) is 9.35. The molecule has 1 saturated carbocycles. The van der Waals surface area contributed by atoms with Gasteiger partial charge < -0.3 is 14.6 Å². The van der Waals surface area contributed by atoms with E-state index in [9.17, 15) is 4.79 Å². The van der Waals surface area contributed by atoms with Crippen LogP contribution in [-0.2, 0) is 28.8 Å². The second kappa shape index (κ2) is 8.67.